The zero-order chi connectivity index (χ0) is 5.54. The van der Waals surface area contributed by atoms with Gasteiger partial charge in [0.05, 0.1) is 0 Å². The first kappa shape index (κ1) is 10.8. The van der Waals surface area contributed by atoms with Crippen molar-refractivity contribution in [2.45, 2.75) is 13.3 Å². The Hall–Kier alpha value is -0.0500. The van der Waals surface area contributed by atoms with Crippen LogP contribution in [0.2, 0.25) is 0 Å². The second-order valence-corrected chi connectivity index (χ2v) is 1.31. The zero-order valence-corrected chi connectivity index (χ0v) is 6.82. The Kier molecular flexibility index (Phi) is 13.6. The van der Waals surface area contributed by atoms with Crippen molar-refractivity contribution in [3.8, 4) is 12.3 Å². The van der Waals surface area contributed by atoms with E-state index in [4.69, 9.17) is 6.42 Å². The van der Waals surface area contributed by atoms with Crippen molar-refractivity contribution in [2.75, 3.05) is 13.1 Å². The van der Waals surface area contributed by atoms with E-state index < -0.39 is 0 Å². The van der Waals surface area contributed by atoms with Crippen LogP contribution in [0.1, 0.15) is 13.3 Å². The van der Waals surface area contributed by atoms with Gasteiger partial charge < -0.3 is 5.32 Å². The average molecular weight is 131 g/mol. The summed E-state index contributed by atoms with van der Waals surface area (Å²) in [4.78, 5) is 0. The van der Waals surface area contributed by atoms with E-state index in [1.807, 2.05) is 0 Å². The summed E-state index contributed by atoms with van der Waals surface area (Å²) >= 11 is 0. The molecule has 0 spiro atoms. The first-order valence-corrected chi connectivity index (χ1v) is 2.56. The summed E-state index contributed by atoms with van der Waals surface area (Å²) in [6, 6.07) is 0. The fraction of sp³-hybridized carbons (Fsp3) is 0.667. The van der Waals surface area contributed by atoms with Gasteiger partial charge in [-0.3, -0.25) is 0 Å². The first-order valence-electron chi connectivity index (χ1n) is 2.56. The lowest BCUT2D eigenvalue weighted by molar-refractivity contribution is 0.733. The Morgan fingerprint density at radius 3 is 2.62 bits per heavy atom. The number of terminal acetylenes is 1. The molecule has 1 nitrogen and oxygen atoms in total. The van der Waals surface area contributed by atoms with E-state index in [0.717, 1.165) is 19.5 Å². The molecule has 0 rings (SSSR count). The van der Waals surface area contributed by atoms with Crippen molar-refractivity contribution in [3.05, 3.63) is 0 Å². The molecular weight excluding hydrogens is 117 g/mol. The van der Waals surface area contributed by atoms with Gasteiger partial charge in [-0.15, -0.1) is 12.3 Å². The molecule has 0 saturated carbocycles. The lowest BCUT2D eigenvalue weighted by Crippen LogP contribution is -2.12. The van der Waals surface area contributed by atoms with Crippen LogP contribution in [0.25, 0.3) is 0 Å². The summed E-state index contributed by atoms with van der Waals surface area (Å²) in [7, 11) is 0. The number of hydrogen-bond donors (Lipinski definition) is 1. The Morgan fingerprint density at radius 1 is 1.62 bits per heavy atom. The molecule has 0 bridgehead atoms. The van der Waals surface area contributed by atoms with Crippen LogP contribution < -0.4 is 5.32 Å². The van der Waals surface area contributed by atoms with Gasteiger partial charge in [0.25, 0.3) is 0 Å². The van der Waals surface area contributed by atoms with Crippen LogP contribution in [0.4, 0.5) is 0 Å². The average Bonchev–Trinajstić information content (AvgIpc) is 1.69. The molecule has 0 heterocycles. The number of rotatable bonds is 3. The smallest absolute Gasteiger partial charge is 0.0211 e. The zero-order valence-electron chi connectivity index (χ0n) is 5.41. The van der Waals surface area contributed by atoms with E-state index in [1.54, 1.807) is 0 Å². The highest BCUT2D eigenvalue weighted by atomic mass is 31.0. The van der Waals surface area contributed by atoms with Gasteiger partial charge in [0.15, 0.2) is 0 Å². The molecule has 0 radical (unpaired) electrons. The van der Waals surface area contributed by atoms with E-state index in [9.17, 15) is 0 Å². The van der Waals surface area contributed by atoms with E-state index in [0.29, 0.717) is 0 Å². The Bertz CT molecular complexity index is 65.4. The SMILES string of the molecule is C#CCCNCC.P. The Labute approximate surface area is 54.9 Å². The van der Waals surface area contributed by atoms with E-state index in [-0.39, 0.29) is 9.90 Å². The van der Waals surface area contributed by atoms with Gasteiger partial charge in [-0.1, -0.05) is 6.92 Å². The third-order valence-corrected chi connectivity index (χ3v) is 0.696. The number of hydrogen-bond acceptors (Lipinski definition) is 1. The predicted molar refractivity (Wildman–Crippen MR) is 43.1 cm³/mol. The molecular formula is C6H14NP. The molecule has 0 aromatic heterocycles. The van der Waals surface area contributed by atoms with Crippen LogP contribution in [-0.2, 0) is 0 Å². The first-order chi connectivity index (χ1) is 3.41. The summed E-state index contributed by atoms with van der Waals surface area (Å²) in [5.74, 6) is 2.54. The third-order valence-electron chi connectivity index (χ3n) is 0.696. The van der Waals surface area contributed by atoms with Crippen LogP contribution >= 0.6 is 9.90 Å². The van der Waals surface area contributed by atoms with Gasteiger partial charge in [-0.05, 0) is 6.54 Å². The predicted octanol–water partition coefficient (Wildman–Crippen LogP) is 0.677. The molecule has 1 unspecified atom stereocenters. The molecule has 0 fully saturated rings. The van der Waals surface area contributed by atoms with Crippen molar-refractivity contribution in [1.82, 2.24) is 5.32 Å². The summed E-state index contributed by atoms with van der Waals surface area (Å²) in [5.41, 5.74) is 0. The number of nitrogens with one attached hydrogen (secondary N) is 1. The van der Waals surface area contributed by atoms with Crippen molar-refractivity contribution in [1.29, 1.82) is 0 Å². The van der Waals surface area contributed by atoms with Gasteiger partial charge in [-0.2, -0.15) is 9.90 Å². The maximum absolute atomic E-state index is 4.98. The summed E-state index contributed by atoms with van der Waals surface area (Å²) in [5, 5.41) is 3.11. The minimum atomic E-state index is 0. The van der Waals surface area contributed by atoms with E-state index in [1.165, 1.54) is 0 Å². The summed E-state index contributed by atoms with van der Waals surface area (Å²) in [6.45, 7) is 4.03. The van der Waals surface area contributed by atoms with Gasteiger partial charge in [0.2, 0.25) is 0 Å². The highest BCUT2D eigenvalue weighted by Crippen LogP contribution is 1.66. The molecule has 0 aromatic carbocycles. The Morgan fingerprint density at radius 2 is 2.25 bits per heavy atom. The molecule has 1 N–H and O–H groups in total. The van der Waals surface area contributed by atoms with Crippen LogP contribution in [0.3, 0.4) is 0 Å². The maximum Gasteiger partial charge on any atom is 0.0211 e. The quantitative estimate of drug-likeness (QED) is 0.337. The van der Waals surface area contributed by atoms with Crippen molar-refractivity contribution >= 4 is 9.90 Å². The molecule has 8 heavy (non-hydrogen) atoms. The molecule has 0 amide bonds. The second kappa shape index (κ2) is 10.0. The second-order valence-electron chi connectivity index (χ2n) is 1.31. The van der Waals surface area contributed by atoms with E-state index in [2.05, 4.69) is 18.2 Å². The van der Waals surface area contributed by atoms with Crippen LogP contribution in [0.5, 0.6) is 0 Å². The lowest BCUT2D eigenvalue weighted by atomic mass is 10.4. The molecule has 0 aliphatic carbocycles. The minimum absolute atomic E-state index is 0. The van der Waals surface area contributed by atoms with Crippen LogP contribution in [0.15, 0.2) is 0 Å². The molecule has 1 atom stereocenters. The topological polar surface area (TPSA) is 12.0 Å². The van der Waals surface area contributed by atoms with Crippen molar-refractivity contribution in [2.24, 2.45) is 0 Å². The largest absolute Gasteiger partial charge is 0.316 e. The monoisotopic (exact) mass is 131 g/mol. The Balaban J connectivity index is 0. The molecule has 0 aliphatic rings. The molecule has 0 aromatic rings. The van der Waals surface area contributed by atoms with Crippen molar-refractivity contribution < 1.29 is 0 Å². The summed E-state index contributed by atoms with van der Waals surface area (Å²) < 4.78 is 0. The normalized spacial score (nSPS) is 7.00. The van der Waals surface area contributed by atoms with Gasteiger partial charge >= 0.3 is 0 Å². The fourth-order valence-corrected chi connectivity index (χ4v) is 0.337. The summed E-state index contributed by atoms with van der Waals surface area (Å²) in [6.07, 6.45) is 5.82. The lowest BCUT2D eigenvalue weighted by Gasteiger charge is -1.91. The van der Waals surface area contributed by atoms with Gasteiger partial charge in [-0.25, -0.2) is 0 Å². The standard InChI is InChI=1S/C6H11N.H3P/c1-3-5-6-7-4-2;/h1,7H,4-6H2,2H3;1H3. The molecule has 0 saturated heterocycles. The highest BCUT2D eigenvalue weighted by Gasteiger charge is 1.74. The molecule has 0 aliphatic heterocycles. The minimum Gasteiger partial charge on any atom is -0.316 e. The molecule has 2 heteroatoms. The van der Waals surface area contributed by atoms with Gasteiger partial charge in [0, 0.05) is 13.0 Å². The van der Waals surface area contributed by atoms with Crippen molar-refractivity contribution in [3.63, 3.8) is 0 Å². The third kappa shape index (κ3) is 9.34. The van der Waals surface area contributed by atoms with Crippen LogP contribution in [0, 0.1) is 12.3 Å². The van der Waals surface area contributed by atoms with Gasteiger partial charge in [0.1, 0.15) is 0 Å². The van der Waals surface area contributed by atoms with Crippen LogP contribution in [-0.4, -0.2) is 13.1 Å². The van der Waals surface area contributed by atoms with E-state index >= 15 is 0 Å². The maximum atomic E-state index is 4.98. The highest BCUT2D eigenvalue weighted by molar-refractivity contribution is 6.92. The fourth-order valence-electron chi connectivity index (χ4n) is 0.337. The molecule has 48 valence electrons.